The van der Waals surface area contributed by atoms with E-state index in [1.165, 1.54) is 20.8 Å². The minimum atomic E-state index is -1.49. The van der Waals surface area contributed by atoms with Gasteiger partial charge in [-0.15, -0.1) is 0 Å². The van der Waals surface area contributed by atoms with E-state index in [1.807, 2.05) is 0 Å². The summed E-state index contributed by atoms with van der Waals surface area (Å²) < 4.78 is 23.9. The van der Waals surface area contributed by atoms with Crippen LogP contribution in [0.25, 0.3) is 0 Å². The molecule has 0 aromatic heterocycles. The van der Waals surface area contributed by atoms with Crippen LogP contribution in [0.15, 0.2) is 53.6 Å². The Kier molecular flexibility index (Phi) is 8.70. The van der Waals surface area contributed by atoms with Crippen molar-refractivity contribution in [1.29, 1.82) is 0 Å². The third kappa shape index (κ3) is 5.62. The lowest BCUT2D eigenvalue weighted by atomic mass is 9.56. The number of ether oxygens (including phenoxy) is 4. The number of esters is 4. The molecule has 0 spiro atoms. The normalized spacial score (nSPS) is 33.9. The first-order valence-electron chi connectivity index (χ1n) is 14.5. The lowest BCUT2D eigenvalue weighted by molar-refractivity contribution is -0.188. The van der Waals surface area contributed by atoms with E-state index in [1.54, 1.807) is 58.0 Å². The predicted octanol–water partition coefficient (Wildman–Crippen LogP) is 3.83. The van der Waals surface area contributed by atoms with Crippen molar-refractivity contribution in [3.8, 4) is 0 Å². The zero-order valence-corrected chi connectivity index (χ0v) is 25.8. The lowest BCUT2D eigenvalue weighted by Gasteiger charge is -2.53. The molecule has 3 aliphatic rings. The van der Waals surface area contributed by atoms with Crippen molar-refractivity contribution in [3.63, 3.8) is 0 Å². The number of fused-ring (bicyclic) bond motifs is 2. The molecule has 2 fully saturated rings. The van der Waals surface area contributed by atoms with Gasteiger partial charge in [0.15, 0.2) is 12.2 Å². The van der Waals surface area contributed by atoms with E-state index in [0.717, 1.165) is 0 Å². The molecule has 0 heterocycles. The highest BCUT2D eigenvalue weighted by Gasteiger charge is 2.69. The Hall–Kier alpha value is -3.50. The first-order valence-corrected chi connectivity index (χ1v) is 14.5. The monoisotopic (exact) mass is 598 g/mol. The second kappa shape index (κ2) is 11.5. The Bertz CT molecular complexity index is 1340. The van der Waals surface area contributed by atoms with E-state index in [9.17, 15) is 29.4 Å². The van der Waals surface area contributed by atoms with Crippen molar-refractivity contribution in [1.82, 2.24) is 0 Å². The summed E-state index contributed by atoms with van der Waals surface area (Å²) in [5.41, 5.74) is -2.29. The van der Waals surface area contributed by atoms with Crippen LogP contribution >= 0.6 is 0 Å². The van der Waals surface area contributed by atoms with Gasteiger partial charge in [0.1, 0.15) is 12.2 Å². The van der Waals surface area contributed by atoms with Crippen molar-refractivity contribution < 1.29 is 48.3 Å². The summed E-state index contributed by atoms with van der Waals surface area (Å²) in [5, 5.41) is 23.1. The molecular weight excluding hydrogens is 556 g/mol. The van der Waals surface area contributed by atoms with Gasteiger partial charge in [0.25, 0.3) is 0 Å². The van der Waals surface area contributed by atoms with Crippen LogP contribution in [0.1, 0.15) is 78.1 Å². The molecule has 2 saturated carbocycles. The van der Waals surface area contributed by atoms with Crippen molar-refractivity contribution >= 4 is 23.9 Å². The van der Waals surface area contributed by atoms with Crippen molar-refractivity contribution in [2.75, 3.05) is 0 Å². The molecule has 0 bridgehead atoms. The van der Waals surface area contributed by atoms with Crippen LogP contribution in [-0.2, 0) is 33.3 Å². The van der Waals surface area contributed by atoms with Gasteiger partial charge in [-0.25, -0.2) is 4.79 Å². The molecule has 0 amide bonds. The Morgan fingerprint density at radius 3 is 2.05 bits per heavy atom. The van der Waals surface area contributed by atoms with Gasteiger partial charge in [-0.1, -0.05) is 31.7 Å². The molecule has 4 rings (SSSR count). The first-order chi connectivity index (χ1) is 19.9. The second-order valence-corrected chi connectivity index (χ2v) is 12.8. The molecular formula is C33H42O10. The summed E-state index contributed by atoms with van der Waals surface area (Å²) in [7, 11) is 0. The van der Waals surface area contributed by atoms with Crippen LogP contribution in [-0.4, -0.2) is 70.2 Å². The molecule has 3 aliphatic carbocycles. The molecule has 8 unspecified atom stereocenters. The minimum absolute atomic E-state index is 0.0266. The first kappa shape index (κ1) is 32.4. The quantitative estimate of drug-likeness (QED) is 0.281. The van der Waals surface area contributed by atoms with Gasteiger partial charge in [-0.3, -0.25) is 14.4 Å². The topological polar surface area (TPSA) is 146 Å². The van der Waals surface area contributed by atoms with Crippen LogP contribution in [0, 0.1) is 16.7 Å². The van der Waals surface area contributed by atoms with E-state index in [4.69, 9.17) is 18.9 Å². The average molecular weight is 599 g/mol. The SMILES string of the molecule is C=C1C(O)CC(OC(C)=O)C2(C)C1CC1(C(C)(C)O)CC(OC(C)=O)C(C)=C1C(OC(C)=O)C2OC(=O)c1ccccc1. The smallest absolute Gasteiger partial charge is 0.338 e. The summed E-state index contributed by atoms with van der Waals surface area (Å²) in [4.78, 5) is 51.1. The Morgan fingerprint density at radius 1 is 0.930 bits per heavy atom. The van der Waals surface area contributed by atoms with E-state index in [0.29, 0.717) is 16.7 Å². The predicted molar refractivity (Wildman–Crippen MR) is 154 cm³/mol. The molecule has 8 atom stereocenters. The van der Waals surface area contributed by atoms with Crippen molar-refractivity contribution in [2.45, 2.75) is 104 Å². The van der Waals surface area contributed by atoms with Gasteiger partial charge >= 0.3 is 23.9 Å². The number of benzene rings is 1. The van der Waals surface area contributed by atoms with Gasteiger partial charge in [0.2, 0.25) is 0 Å². The van der Waals surface area contributed by atoms with Crippen LogP contribution in [0.5, 0.6) is 0 Å². The summed E-state index contributed by atoms with van der Waals surface area (Å²) >= 11 is 0. The fourth-order valence-electron chi connectivity index (χ4n) is 7.62. The molecule has 234 valence electrons. The van der Waals surface area contributed by atoms with Gasteiger partial charge in [0.05, 0.1) is 22.7 Å². The Balaban J connectivity index is 2.07. The van der Waals surface area contributed by atoms with Gasteiger partial charge in [-0.2, -0.15) is 0 Å². The zero-order valence-electron chi connectivity index (χ0n) is 25.8. The second-order valence-electron chi connectivity index (χ2n) is 12.8. The van der Waals surface area contributed by atoms with E-state index in [2.05, 4.69) is 6.58 Å². The highest BCUT2D eigenvalue weighted by atomic mass is 16.6. The molecule has 2 N–H and O–H groups in total. The summed E-state index contributed by atoms with van der Waals surface area (Å²) in [6.45, 7) is 14.8. The molecule has 0 aliphatic heterocycles. The van der Waals surface area contributed by atoms with Gasteiger partial charge < -0.3 is 29.2 Å². The van der Waals surface area contributed by atoms with E-state index < -0.39 is 76.7 Å². The maximum atomic E-state index is 13.7. The summed E-state index contributed by atoms with van der Waals surface area (Å²) in [6.07, 6.45) is -5.10. The highest BCUT2D eigenvalue weighted by molar-refractivity contribution is 5.89. The molecule has 10 heteroatoms. The zero-order chi connectivity index (χ0) is 32.1. The molecule has 43 heavy (non-hydrogen) atoms. The fourth-order valence-corrected chi connectivity index (χ4v) is 7.62. The maximum absolute atomic E-state index is 13.7. The number of aliphatic hydroxyl groups excluding tert-OH is 1. The van der Waals surface area contributed by atoms with Crippen molar-refractivity contribution in [3.05, 3.63) is 59.2 Å². The number of aliphatic hydroxyl groups is 2. The Labute approximate surface area is 252 Å². The van der Waals surface area contributed by atoms with Crippen LogP contribution in [0.3, 0.4) is 0 Å². The highest BCUT2D eigenvalue weighted by Crippen LogP contribution is 2.65. The van der Waals surface area contributed by atoms with Gasteiger partial charge in [0, 0.05) is 39.0 Å². The summed E-state index contributed by atoms with van der Waals surface area (Å²) in [5.74, 6) is -3.22. The van der Waals surface area contributed by atoms with E-state index in [-0.39, 0.29) is 24.8 Å². The molecule has 0 radical (unpaired) electrons. The van der Waals surface area contributed by atoms with Crippen molar-refractivity contribution in [2.24, 2.45) is 16.7 Å². The minimum Gasteiger partial charge on any atom is -0.462 e. The number of carbonyl (C=O) groups is 4. The average Bonchev–Trinajstić information content (AvgIpc) is 3.13. The lowest BCUT2D eigenvalue weighted by Crippen LogP contribution is -2.60. The Morgan fingerprint density at radius 2 is 1.51 bits per heavy atom. The third-order valence-corrected chi connectivity index (χ3v) is 9.76. The largest absolute Gasteiger partial charge is 0.462 e. The maximum Gasteiger partial charge on any atom is 0.338 e. The van der Waals surface area contributed by atoms with E-state index >= 15 is 0 Å². The molecule has 10 nitrogen and oxygen atoms in total. The fraction of sp³-hybridized carbons (Fsp3) is 0.576. The molecule has 0 saturated heterocycles. The number of hydrogen-bond donors (Lipinski definition) is 2. The number of hydrogen-bond acceptors (Lipinski definition) is 10. The molecule has 1 aromatic carbocycles. The van der Waals surface area contributed by atoms with Crippen LogP contribution in [0.4, 0.5) is 0 Å². The third-order valence-electron chi connectivity index (χ3n) is 9.76. The van der Waals surface area contributed by atoms with Crippen LogP contribution < -0.4 is 0 Å². The van der Waals surface area contributed by atoms with Crippen LogP contribution in [0.2, 0.25) is 0 Å². The standard InChI is InChI=1S/C33H42O10/c1-17-23-15-33(31(6,7)39)16-25(40-19(3)34)18(2)27(33)28(42-21(5)36)29(43-30(38)22-12-10-9-11-13-22)32(23,8)26(14-24(17)37)41-20(4)35/h9-13,23-26,28-29,37,39H,1,14-16H2,2-8H3. The summed E-state index contributed by atoms with van der Waals surface area (Å²) in [6, 6.07) is 8.30. The number of carbonyl (C=O) groups excluding carboxylic acids is 4. The molecule has 1 aromatic rings. The number of rotatable bonds is 6. The van der Waals surface area contributed by atoms with Gasteiger partial charge in [-0.05, 0) is 62.0 Å².